The Morgan fingerprint density at radius 1 is 0.925 bits per heavy atom. The second-order valence-electron chi connectivity index (χ2n) is 10.6. The Balaban J connectivity index is 2.21. The highest BCUT2D eigenvalue weighted by Gasteiger charge is 2.34. The Labute approximate surface area is 241 Å². The fourth-order valence-corrected chi connectivity index (χ4v) is 5.14. The molecule has 1 aliphatic heterocycles. The van der Waals surface area contributed by atoms with Gasteiger partial charge >= 0.3 is 6.09 Å². The van der Waals surface area contributed by atoms with Crippen molar-refractivity contribution in [1.29, 1.82) is 0 Å². The molecule has 1 aliphatic rings. The molecule has 3 rings (SSSR count). The third-order valence-electron chi connectivity index (χ3n) is 6.52. The molecule has 0 aromatic heterocycles. The summed E-state index contributed by atoms with van der Waals surface area (Å²) in [6, 6.07) is 8.87. The third-order valence-corrected chi connectivity index (χ3v) is 6.94. The van der Waals surface area contributed by atoms with Gasteiger partial charge in [-0.3, -0.25) is 14.4 Å². The van der Waals surface area contributed by atoms with Crippen LogP contribution in [0.4, 0.5) is 4.79 Å². The van der Waals surface area contributed by atoms with Crippen LogP contribution in [0.3, 0.4) is 0 Å². The predicted octanol–water partition coefficient (Wildman–Crippen LogP) is 4.51. The van der Waals surface area contributed by atoms with Crippen molar-refractivity contribution >= 4 is 35.4 Å². The van der Waals surface area contributed by atoms with Crippen LogP contribution in [0.25, 0.3) is 0 Å². The molecule has 1 unspecified atom stereocenters. The number of nitrogens with one attached hydrogen (secondary N) is 3. The molecule has 2 aromatic carbocycles. The van der Waals surface area contributed by atoms with Gasteiger partial charge in [0.1, 0.15) is 5.60 Å². The number of hydrogen-bond donors (Lipinski definition) is 3. The summed E-state index contributed by atoms with van der Waals surface area (Å²) in [7, 11) is 0. The lowest BCUT2D eigenvalue weighted by Gasteiger charge is -2.29. The van der Waals surface area contributed by atoms with Crippen molar-refractivity contribution < 1.29 is 23.9 Å². The first-order valence-corrected chi connectivity index (χ1v) is 14.1. The maximum atomic E-state index is 13.2. The summed E-state index contributed by atoms with van der Waals surface area (Å²) in [5.41, 5.74) is 2.38. The summed E-state index contributed by atoms with van der Waals surface area (Å²) in [5, 5.41) is 8.52. The van der Waals surface area contributed by atoms with E-state index in [1.807, 2.05) is 39.8 Å². The summed E-state index contributed by atoms with van der Waals surface area (Å²) in [5.74, 6) is -1.43. The van der Waals surface area contributed by atoms with Gasteiger partial charge in [-0.25, -0.2) is 4.79 Å². The van der Waals surface area contributed by atoms with Crippen LogP contribution >= 0.6 is 11.6 Å². The highest BCUT2D eigenvalue weighted by atomic mass is 35.5. The standard InChI is InChI=1S/C30H39ClN4O5/c1-7-32-26(36)19-12-10-18(11-13-19)23-17-35(29(39)40-30(4,5)6)15-14-20-21(23)16-22(27(37)33-8-2)24(25(20)31)28(38)34-9-3/h10-13,16,23H,7-9,14-15,17H2,1-6H3,(H,32,36)(H,33,37)(H,34,38). The first-order chi connectivity index (χ1) is 18.9. The Bertz CT molecular complexity index is 1270. The van der Waals surface area contributed by atoms with Gasteiger partial charge in [0.05, 0.1) is 16.1 Å². The quantitative estimate of drug-likeness (QED) is 0.453. The monoisotopic (exact) mass is 570 g/mol. The molecule has 216 valence electrons. The van der Waals surface area contributed by atoms with Crippen molar-refractivity contribution in [1.82, 2.24) is 20.9 Å². The molecule has 2 aromatic rings. The van der Waals surface area contributed by atoms with E-state index in [2.05, 4.69) is 16.0 Å². The van der Waals surface area contributed by atoms with Crippen LogP contribution in [0.5, 0.6) is 0 Å². The number of hydrogen-bond acceptors (Lipinski definition) is 5. The normalized spacial score (nSPS) is 15.0. The molecule has 1 atom stereocenters. The molecule has 0 saturated carbocycles. The topological polar surface area (TPSA) is 117 Å². The molecule has 10 heteroatoms. The van der Waals surface area contributed by atoms with Crippen molar-refractivity contribution in [3.63, 3.8) is 0 Å². The van der Waals surface area contributed by atoms with Crippen LogP contribution in [0.15, 0.2) is 30.3 Å². The Hall–Kier alpha value is -3.59. The summed E-state index contributed by atoms with van der Waals surface area (Å²) >= 11 is 6.94. The smallest absolute Gasteiger partial charge is 0.410 e. The predicted molar refractivity (Wildman–Crippen MR) is 155 cm³/mol. The number of ether oxygens (including phenoxy) is 1. The highest BCUT2D eigenvalue weighted by molar-refractivity contribution is 6.35. The van der Waals surface area contributed by atoms with Gasteiger partial charge in [-0.15, -0.1) is 0 Å². The number of amides is 4. The molecule has 9 nitrogen and oxygen atoms in total. The van der Waals surface area contributed by atoms with E-state index in [1.54, 1.807) is 36.9 Å². The summed E-state index contributed by atoms with van der Waals surface area (Å²) in [6.45, 7) is 12.7. The lowest BCUT2D eigenvalue weighted by molar-refractivity contribution is 0.0251. The Morgan fingerprint density at radius 3 is 2.08 bits per heavy atom. The van der Waals surface area contributed by atoms with Gasteiger partial charge in [-0.1, -0.05) is 23.7 Å². The van der Waals surface area contributed by atoms with E-state index >= 15 is 0 Å². The number of fused-ring (bicyclic) bond motifs is 1. The molecule has 0 aliphatic carbocycles. The van der Waals surface area contributed by atoms with Gasteiger partial charge in [0.2, 0.25) is 0 Å². The fourth-order valence-electron chi connectivity index (χ4n) is 4.74. The average Bonchev–Trinajstić information content (AvgIpc) is 3.08. The van der Waals surface area contributed by atoms with Gasteiger partial charge in [-0.05, 0) is 82.9 Å². The highest BCUT2D eigenvalue weighted by Crippen LogP contribution is 2.39. The van der Waals surface area contributed by atoms with Gasteiger partial charge in [-0.2, -0.15) is 0 Å². The number of carbonyl (C=O) groups is 4. The van der Waals surface area contributed by atoms with E-state index in [-0.39, 0.29) is 28.6 Å². The minimum absolute atomic E-state index is 0.115. The molecule has 4 amide bonds. The van der Waals surface area contributed by atoms with Crippen LogP contribution in [0, 0.1) is 0 Å². The largest absolute Gasteiger partial charge is 0.444 e. The summed E-state index contributed by atoms with van der Waals surface area (Å²) in [4.78, 5) is 53.5. The Kier molecular flexibility index (Phi) is 10.2. The van der Waals surface area contributed by atoms with E-state index in [4.69, 9.17) is 16.3 Å². The molecule has 0 fully saturated rings. The van der Waals surface area contributed by atoms with E-state index < -0.39 is 29.4 Å². The van der Waals surface area contributed by atoms with E-state index in [9.17, 15) is 19.2 Å². The first-order valence-electron chi connectivity index (χ1n) is 13.7. The zero-order valence-electron chi connectivity index (χ0n) is 24.1. The second-order valence-corrected chi connectivity index (χ2v) is 11.0. The van der Waals surface area contributed by atoms with E-state index in [0.29, 0.717) is 43.7 Å². The van der Waals surface area contributed by atoms with Crippen molar-refractivity contribution in [2.45, 2.75) is 59.5 Å². The minimum Gasteiger partial charge on any atom is -0.444 e. The first kappa shape index (κ1) is 30.9. The van der Waals surface area contributed by atoms with Crippen molar-refractivity contribution in [3.8, 4) is 0 Å². The zero-order valence-corrected chi connectivity index (χ0v) is 24.8. The molecular weight excluding hydrogens is 532 g/mol. The molecule has 40 heavy (non-hydrogen) atoms. The molecule has 3 N–H and O–H groups in total. The molecule has 0 radical (unpaired) electrons. The second kappa shape index (κ2) is 13.2. The van der Waals surface area contributed by atoms with Gasteiger partial charge in [0.15, 0.2) is 0 Å². The van der Waals surface area contributed by atoms with Crippen molar-refractivity contribution in [2.75, 3.05) is 32.7 Å². The van der Waals surface area contributed by atoms with Crippen molar-refractivity contribution in [2.24, 2.45) is 0 Å². The fraction of sp³-hybridized carbons (Fsp3) is 0.467. The minimum atomic E-state index is -0.686. The molecule has 1 heterocycles. The maximum Gasteiger partial charge on any atom is 0.410 e. The number of halogens is 1. The van der Waals surface area contributed by atoms with Gasteiger partial charge < -0.3 is 25.6 Å². The van der Waals surface area contributed by atoms with E-state index in [0.717, 1.165) is 11.1 Å². The SMILES string of the molecule is CCNC(=O)c1ccc(C2CN(C(=O)OC(C)(C)C)CCc3c2cc(C(=O)NCC)c(C(=O)NCC)c3Cl)cc1. The number of carbonyl (C=O) groups excluding carboxylic acids is 4. The molecule has 0 spiro atoms. The number of benzene rings is 2. The molecular formula is C30H39ClN4O5. The molecule has 0 saturated heterocycles. The number of rotatable bonds is 7. The summed E-state index contributed by atoms with van der Waals surface area (Å²) in [6.07, 6.45) is -0.100. The van der Waals surface area contributed by atoms with Crippen molar-refractivity contribution in [3.05, 3.63) is 68.7 Å². The van der Waals surface area contributed by atoms with Crippen LogP contribution in [-0.2, 0) is 11.2 Å². The zero-order chi connectivity index (χ0) is 29.6. The Morgan fingerprint density at radius 2 is 1.50 bits per heavy atom. The van der Waals surface area contributed by atoms with Gasteiger partial charge in [0.25, 0.3) is 17.7 Å². The summed E-state index contributed by atoms with van der Waals surface area (Å²) < 4.78 is 5.68. The van der Waals surface area contributed by atoms with E-state index in [1.165, 1.54) is 0 Å². The van der Waals surface area contributed by atoms with Crippen LogP contribution in [0.1, 0.15) is 95.2 Å². The molecule has 0 bridgehead atoms. The lowest BCUT2D eigenvalue weighted by atomic mass is 9.84. The van der Waals surface area contributed by atoms with Crippen LogP contribution in [0.2, 0.25) is 5.02 Å². The number of nitrogens with zero attached hydrogens (tertiary/aromatic N) is 1. The van der Waals surface area contributed by atoms with Crippen LogP contribution < -0.4 is 16.0 Å². The average molecular weight is 571 g/mol. The van der Waals surface area contributed by atoms with Gasteiger partial charge in [0, 0.05) is 44.2 Å². The maximum absolute atomic E-state index is 13.2. The lowest BCUT2D eigenvalue weighted by Crippen LogP contribution is -2.39. The van der Waals surface area contributed by atoms with Crippen LogP contribution in [-0.4, -0.2) is 67.0 Å². The third kappa shape index (κ3) is 7.13.